The zero-order valence-corrected chi connectivity index (χ0v) is 18.0. The van der Waals surface area contributed by atoms with Gasteiger partial charge in [0.1, 0.15) is 0 Å². The number of aliphatic hydroxyl groups excluding tert-OH is 1. The number of amides is 1. The number of carbonyl (C=O) groups excluding carboxylic acids is 1. The monoisotopic (exact) mass is 412 g/mol. The number of benzene rings is 1. The smallest absolute Gasteiger partial charge is 0.226 e. The van der Waals surface area contributed by atoms with Crippen molar-refractivity contribution in [3.05, 3.63) is 35.7 Å². The molecule has 2 fully saturated rings. The number of nitrogens with zero attached hydrogens (tertiary/aromatic N) is 4. The summed E-state index contributed by atoms with van der Waals surface area (Å²) in [7, 11) is 2.07. The van der Waals surface area contributed by atoms with E-state index < -0.39 is 0 Å². The molecule has 3 heterocycles. The van der Waals surface area contributed by atoms with Gasteiger partial charge in [-0.25, -0.2) is 0 Å². The number of piperidine rings is 2. The molecule has 1 unspecified atom stereocenters. The first-order valence-electron chi connectivity index (χ1n) is 11.0. The van der Waals surface area contributed by atoms with E-state index in [2.05, 4.69) is 22.1 Å². The molecular weight excluding hydrogens is 380 g/mol. The van der Waals surface area contributed by atoms with E-state index in [1.54, 1.807) is 0 Å². The molecule has 2 aliphatic rings. The van der Waals surface area contributed by atoms with Gasteiger partial charge >= 0.3 is 0 Å². The Labute approximate surface area is 178 Å². The van der Waals surface area contributed by atoms with Crippen molar-refractivity contribution in [1.29, 1.82) is 0 Å². The van der Waals surface area contributed by atoms with Crippen molar-refractivity contribution in [2.24, 2.45) is 5.41 Å². The summed E-state index contributed by atoms with van der Waals surface area (Å²) >= 11 is 0. The van der Waals surface area contributed by atoms with Crippen LogP contribution in [0.4, 0.5) is 0 Å². The molecule has 0 aliphatic carbocycles. The van der Waals surface area contributed by atoms with Gasteiger partial charge in [0.2, 0.25) is 17.6 Å². The molecule has 1 atom stereocenters. The van der Waals surface area contributed by atoms with Crippen LogP contribution in [0.5, 0.6) is 0 Å². The van der Waals surface area contributed by atoms with E-state index in [1.165, 1.54) is 0 Å². The molecule has 0 bridgehead atoms. The van der Waals surface area contributed by atoms with Gasteiger partial charge in [-0.3, -0.25) is 4.79 Å². The third kappa shape index (κ3) is 4.90. The molecule has 1 aromatic carbocycles. The average Bonchev–Trinajstić information content (AvgIpc) is 3.16. The minimum atomic E-state index is -0.245. The highest BCUT2D eigenvalue weighted by atomic mass is 16.5. The average molecular weight is 413 g/mol. The Morgan fingerprint density at radius 3 is 2.87 bits per heavy atom. The standard InChI is InChI=1S/C23H32N4O3/c1-17-5-3-6-18(13-17)22-24-20(30-25-22)7-4-8-21(29)27-11-9-23(10-12-27)14-19(28)15-26(2)16-23/h3,5-6,13,19,28H,4,7-12,14-16H2,1-2H3. The summed E-state index contributed by atoms with van der Waals surface area (Å²) in [6.07, 6.45) is 4.38. The number of hydrogen-bond donors (Lipinski definition) is 1. The highest BCUT2D eigenvalue weighted by Gasteiger charge is 2.41. The number of β-amino-alcohol motifs (C(OH)–C–C–N with tert-alkyl or cyclic N) is 1. The topological polar surface area (TPSA) is 82.7 Å². The van der Waals surface area contributed by atoms with Gasteiger partial charge in [-0.2, -0.15) is 4.98 Å². The van der Waals surface area contributed by atoms with E-state index >= 15 is 0 Å². The predicted octanol–water partition coefficient (Wildman–Crippen LogP) is 2.67. The van der Waals surface area contributed by atoms with E-state index in [1.807, 2.05) is 36.1 Å². The van der Waals surface area contributed by atoms with Crippen LogP contribution in [-0.2, 0) is 11.2 Å². The summed E-state index contributed by atoms with van der Waals surface area (Å²) in [4.78, 5) is 21.3. The first kappa shape index (κ1) is 21.0. The molecule has 0 saturated carbocycles. The minimum absolute atomic E-state index is 0.166. The van der Waals surface area contributed by atoms with Crippen molar-refractivity contribution in [3.63, 3.8) is 0 Å². The van der Waals surface area contributed by atoms with Crippen molar-refractivity contribution in [1.82, 2.24) is 19.9 Å². The number of likely N-dealkylation sites (N-methyl/N-ethyl adjacent to an activating group) is 1. The molecule has 7 nitrogen and oxygen atoms in total. The second-order valence-corrected chi connectivity index (χ2v) is 9.17. The lowest BCUT2D eigenvalue weighted by atomic mass is 9.71. The fourth-order valence-corrected chi connectivity index (χ4v) is 5.03. The van der Waals surface area contributed by atoms with Crippen LogP contribution in [-0.4, -0.2) is 70.3 Å². The lowest BCUT2D eigenvalue weighted by Gasteiger charge is -2.48. The van der Waals surface area contributed by atoms with Crippen molar-refractivity contribution in [2.75, 3.05) is 33.2 Å². The Hall–Kier alpha value is -2.25. The second-order valence-electron chi connectivity index (χ2n) is 9.17. The number of aryl methyl sites for hydroxylation is 2. The van der Waals surface area contributed by atoms with Crippen LogP contribution in [0.25, 0.3) is 11.4 Å². The van der Waals surface area contributed by atoms with Crippen molar-refractivity contribution in [2.45, 2.75) is 51.6 Å². The Morgan fingerprint density at radius 2 is 2.13 bits per heavy atom. The number of hydrogen-bond acceptors (Lipinski definition) is 6. The summed E-state index contributed by atoms with van der Waals surface area (Å²) in [6, 6.07) is 8.02. The molecule has 30 heavy (non-hydrogen) atoms. The van der Waals surface area contributed by atoms with E-state index in [0.29, 0.717) is 31.0 Å². The summed E-state index contributed by atoms with van der Waals surface area (Å²) < 4.78 is 5.37. The summed E-state index contributed by atoms with van der Waals surface area (Å²) in [5.74, 6) is 1.38. The van der Waals surface area contributed by atoms with E-state index in [4.69, 9.17) is 4.52 Å². The molecule has 2 aliphatic heterocycles. The highest BCUT2D eigenvalue weighted by molar-refractivity contribution is 5.76. The van der Waals surface area contributed by atoms with Crippen molar-refractivity contribution in [3.8, 4) is 11.4 Å². The zero-order valence-electron chi connectivity index (χ0n) is 18.0. The van der Waals surface area contributed by atoms with Gasteiger partial charge in [0.05, 0.1) is 6.10 Å². The maximum Gasteiger partial charge on any atom is 0.226 e. The van der Waals surface area contributed by atoms with Crippen LogP contribution in [0, 0.1) is 12.3 Å². The number of aromatic nitrogens is 2. The quantitative estimate of drug-likeness (QED) is 0.813. The number of likely N-dealkylation sites (tertiary alicyclic amines) is 2. The number of rotatable bonds is 5. The first-order chi connectivity index (χ1) is 14.4. The normalized spacial score (nSPS) is 21.8. The van der Waals surface area contributed by atoms with Crippen LogP contribution >= 0.6 is 0 Å². The summed E-state index contributed by atoms with van der Waals surface area (Å²) in [5.41, 5.74) is 2.27. The largest absolute Gasteiger partial charge is 0.392 e. The molecule has 4 rings (SSSR count). The molecule has 1 spiro atoms. The van der Waals surface area contributed by atoms with Crippen LogP contribution in [0.15, 0.2) is 28.8 Å². The predicted molar refractivity (Wildman–Crippen MR) is 114 cm³/mol. The fraction of sp³-hybridized carbons (Fsp3) is 0.609. The molecule has 2 aromatic rings. The number of carbonyl (C=O) groups is 1. The lowest BCUT2D eigenvalue weighted by Crippen LogP contribution is -2.53. The molecular formula is C23H32N4O3. The van der Waals surface area contributed by atoms with Gasteiger partial charge in [-0.05, 0) is 51.1 Å². The maximum absolute atomic E-state index is 12.7. The third-order valence-electron chi connectivity index (χ3n) is 6.50. The first-order valence-corrected chi connectivity index (χ1v) is 11.0. The maximum atomic E-state index is 12.7. The van der Waals surface area contributed by atoms with Crippen molar-refractivity contribution < 1.29 is 14.4 Å². The SMILES string of the molecule is Cc1cccc(-c2noc(CCCC(=O)N3CCC4(CC3)CC(O)CN(C)C4)n2)c1. The van der Waals surface area contributed by atoms with Gasteiger partial charge in [0.15, 0.2) is 0 Å². The van der Waals surface area contributed by atoms with Crippen LogP contribution in [0.2, 0.25) is 0 Å². The van der Waals surface area contributed by atoms with Gasteiger partial charge in [0, 0.05) is 44.6 Å². The molecule has 2 saturated heterocycles. The second kappa shape index (κ2) is 8.86. The van der Waals surface area contributed by atoms with Crippen LogP contribution in [0.1, 0.15) is 43.6 Å². The van der Waals surface area contributed by atoms with Gasteiger partial charge in [-0.1, -0.05) is 28.9 Å². The molecule has 162 valence electrons. The van der Waals surface area contributed by atoms with Crippen molar-refractivity contribution >= 4 is 5.91 Å². The van der Waals surface area contributed by atoms with Crippen LogP contribution < -0.4 is 0 Å². The van der Waals surface area contributed by atoms with Crippen LogP contribution in [0.3, 0.4) is 0 Å². The molecule has 1 amide bonds. The van der Waals surface area contributed by atoms with E-state index in [9.17, 15) is 9.90 Å². The molecule has 0 radical (unpaired) electrons. The molecule has 1 aromatic heterocycles. The number of aliphatic hydroxyl groups is 1. The summed E-state index contributed by atoms with van der Waals surface area (Å²) in [6.45, 7) is 5.39. The van der Waals surface area contributed by atoms with Gasteiger partial charge < -0.3 is 19.4 Å². The van der Waals surface area contributed by atoms with E-state index in [-0.39, 0.29) is 17.4 Å². The molecule has 7 heteroatoms. The van der Waals surface area contributed by atoms with Gasteiger partial charge in [-0.15, -0.1) is 0 Å². The lowest BCUT2D eigenvalue weighted by molar-refractivity contribution is -0.135. The Balaban J connectivity index is 1.23. The Bertz CT molecular complexity index is 861. The third-order valence-corrected chi connectivity index (χ3v) is 6.50. The Kier molecular flexibility index (Phi) is 6.20. The Morgan fingerprint density at radius 1 is 1.33 bits per heavy atom. The zero-order chi connectivity index (χ0) is 21.1. The summed E-state index contributed by atoms with van der Waals surface area (Å²) in [5, 5.41) is 14.2. The van der Waals surface area contributed by atoms with E-state index in [0.717, 1.165) is 56.6 Å². The highest BCUT2D eigenvalue weighted by Crippen LogP contribution is 2.39. The minimum Gasteiger partial charge on any atom is -0.392 e. The molecule has 1 N–H and O–H groups in total. The fourth-order valence-electron chi connectivity index (χ4n) is 5.03. The van der Waals surface area contributed by atoms with Gasteiger partial charge in [0.25, 0.3) is 0 Å².